The molecule has 0 saturated carbocycles. The van der Waals surface area contributed by atoms with Crippen LogP contribution in [0.3, 0.4) is 0 Å². The summed E-state index contributed by atoms with van der Waals surface area (Å²) < 4.78 is 2.03. The van der Waals surface area contributed by atoms with Gasteiger partial charge in [-0.15, -0.1) is 0 Å². The molecule has 0 atom stereocenters. The van der Waals surface area contributed by atoms with Gasteiger partial charge in [0.15, 0.2) is 0 Å². The number of aromatic carboxylic acids is 1. The van der Waals surface area contributed by atoms with Crippen molar-refractivity contribution in [3.8, 4) is 0 Å². The van der Waals surface area contributed by atoms with E-state index in [1.807, 2.05) is 0 Å². The SMILES string of the molecule is Cn1cncc1C(=O)Nc1ccc(Br)c(C(=O)O)c1. The van der Waals surface area contributed by atoms with Crippen molar-refractivity contribution < 1.29 is 14.7 Å². The van der Waals surface area contributed by atoms with Crippen molar-refractivity contribution in [2.24, 2.45) is 7.05 Å². The minimum Gasteiger partial charge on any atom is -0.478 e. The van der Waals surface area contributed by atoms with Crippen LogP contribution in [-0.4, -0.2) is 26.5 Å². The van der Waals surface area contributed by atoms with Crippen LogP contribution >= 0.6 is 15.9 Å². The molecule has 2 rings (SSSR count). The molecule has 98 valence electrons. The summed E-state index contributed by atoms with van der Waals surface area (Å²) in [6.45, 7) is 0. The highest BCUT2D eigenvalue weighted by Crippen LogP contribution is 2.21. The minimum absolute atomic E-state index is 0.0859. The summed E-state index contributed by atoms with van der Waals surface area (Å²) in [7, 11) is 1.70. The summed E-state index contributed by atoms with van der Waals surface area (Å²) in [5, 5.41) is 11.6. The first-order valence-corrected chi connectivity index (χ1v) is 6.09. The lowest BCUT2D eigenvalue weighted by atomic mass is 10.2. The molecule has 0 aliphatic rings. The first kappa shape index (κ1) is 13.3. The molecule has 1 amide bonds. The number of amides is 1. The highest BCUT2D eigenvalue weighted by Gasteiger charge is 2.13. The van der Waals surface area contributed by atoms with E-state index >= 15 is 0 Å². The lowest BCUT2D eigenvalue weighted by Crippen LogP contribution is -2.15. The fourth-order valence-electron chi connectivity index (χ4n) is 1.54. The van der Waals surface area contributed by atoms with E-state index in [1.165, 1.54) is 18.6 Å². The Labute approximate surface area is 117 Å². The maximum Gasteiger partial charge on any atom is 0.336 e. The van der Waals surface area contributed by atoms with Gasteiger partial charge in [0.05, 0.1) is 18.1 Å². The molecule has 19 heavy (non-hydrogen) atoms. The lowest BCUT2D eigenvalue weighted by molar-refractivity contribution is 0.0695. The molecule has 2 N–H and O–H groups in total. The van der Waals surface area contributed by atoms with Gasteiger partial charge in [0.2, 0.25) is 0 Å². The molecule has 0 spiro atoms. The zero-order valence-corrected chi connectivity index (χ0v) is 11.5. The highest BCUT2D eigenvalue weighted by molar-refractivity contribution is 9.10. The third-order valence-corrected chi connectivity index (χ3v) is 3.20. The number of halogens is 1. The van der Waals surface area contributed by atoms with Crippen molar-refractivity contribution in [1.82, 2.24) is 9.55 Å². The molecule has 0 unspecified atom stereocenters. The first-order valence-electron chi connectivity index (χ1n) is 5.29. The molecule has 6 nitrogen and oxygen atoms in total. The van der Waals surface area contributed by atoms with Gasteiger partial charge in [-0.05, 0) is 34.1 Å². The van der Waals surface area contributed by atoms with E-state index in [4.69, 9.17) is 5.11 Å². The number of hydrogen-bond donors (Lipinski definition) is 2. The first-order chi connectivity index (χ1) is 8.99. The number of carboxylic acid groups (broad SMARTS) is 1. The van der Waals surface area contributed by atoms with Crippen LogP contribution in [0.1, 0.15) is 20.8 Å². The van der Waals surface area contributed by atoms with Gasteiger partial charge in [-0.2, -0.15) is 0 Å². The van der Waals surface area contributed by atoms with Gasteiger partial charge in [0, 0.05) is 17.2 Å². The molecular formula is C12H10BrN3O3. The zero-order valence-electron chi connectivity index (χ0n) is 9.92. The molecule has 1 aromatic carbocycles. The number of rotatable bonds is 3. The minimum atomic E-state index is -1.07. The van der Waals surface area contributed by atoms with Crippen LogP contribution in [0.25, 0.3) is 0 Å². The number of carbonyl (C=O) groups excluding carboxylic acids is 1. The third-order valence-electron chi connectivity index (χ3n) is 2.50. The second-order valence-corrected chi connectivity index (χ2v) is 4.70. The quantitative estimate of drug-likeness (QED) is 0.906. The molecule has 1 heterocycles. The lowest BCUT2D eigenvalue weighted by Gasteiger charge is -2.07. The zero-order chi connectivity index (χ0) is 14.0. The van der Waals surface area contributed by atoms with Gasteiger partial charge in [0.25, 0.3) is 5.91 Å². The number of carbonyl (C=O) groups is 2. The van der Waals surface area contributed by atoms with Gasteiger partial charge >= 0.3 is 5.97 Å². The Balaban J connectivity index is 2.25. The Morgan fingerprint density at radius 2 is 2.16 bits per heavy atom. The van der Waals surface area contributed by atoms with Crippen LogP contribution in [0, 0.1) is 0 Å². The van der Waals surface area contributed by atoms with Gasteiger partial charge in [-0.1, -0.05) is 0 Å². The topological polar surface area (TPSA) is 84.2 Å². The molecule has 0 aliphatic carbocycles. The number of anilines is 1. The van der Waals surface area contributed by atoms with Crippen LogP contribution in [-0.2, 0) is 7.05 Å². The molecule has 0 saturated heterocycles. The molecule has 0 radical (unpaired) electrons. The summed E-state index contributed by atoms with van der Waals surface area (Å²) in [6.07, 6.45) is 2.95. The number of benzene rings is 1. The van der Waals surface area contributed by atoms with Gasteiger partial charge in [-0.3, -0.25) is 4.79 Å². The average molecular weight is 324 g/mol. The van der Waals surface area contributed by atoms with Crippen molar-refractivity contribution >= 4 is 33.5 Å². The molecule has 0 bridgehead atoms. The van der Waals surface area contributed by atoms with E-state index in [-0.39, 0.29) is 11.5 Å². The normalized spacial score (nSPS) is 10.2. The summed E-state index contributed by atoms with van der Waals surface area (Å²) in [6, 6.07) is 4.58. The second-order valence-electron chi connectivity index (χ2n) is 3.84. The van der Waals surface area contributed by atoms with E-state index in [0.717, 1.165) is 0 Å². The maximum atomic E-state index is 11.9. The largest absolute Gasteiger partial charge is 0.478 e. The fraction of sp³-hybridized carbons (Fsp3) is 0.0833. The number of nitrogens with one attached hydrogen (secondary N) is 1. The van der Waals surface area contributed by atoms with E-state index in [9.17, 15) is 9.59 Å². The predicted octanol–water partition coefficient (Wildman–Crippen LogP) is 2.13. The molecule has 2 aromatic rings. The number of carboxylic acids is 1. The Bertz CT molecular complexity index is 651. The summed E-state index contributed by atoms with van der Waals surface area (Å²) >= 11 is 3.14. The van der Waals surface area contributed by atoms with Gasteiger partial charge in [0.1, 0.15) is 5.69 Å². The van der Waals surface area contributed by atoms with E-state index < -0.39 is 5.97 Å². The fourth-order valence-corrected chi connectivity index (χ4v) is 1.95. The van der Waals surface area contributed by atoms with Crippen molar-refractivity contribution in [1.29, 1.82) is 0 Å². The molecule has 7 heteroatoms. The Kier molecular flexibility index (Phi) is 3.66. The summed E-state index contributed by atoms with van der Waals surface area (Å²) in [5.74, 6) is -1.41. The molecule has 0 aliphatic heterocycles. The standard InChI is InChI=1S/C12H10BrN3O3/c1-16-6-14-5-10(16)11(17)15-7-2-3-9(13)8(4-7)12(18)19/h2-6H,1H3,(H,15,17)(H,18,19). The third kappa shape index (κ3) is 2.82. The Morgan fingerprint density at radius 3 is 2.74 bits per heavy atom. The van der Waals surface area contributed by atoms with E-state index in [0.29, 0.717) is 15.9 Å². The average Bonchev–Trinajstić information content (AvgIpc) is 2.77. The van der Waals surface area contributed by atoms with Crippen LogP contribution in [0.2, 0.25) is 0 Å². The second kappa shape index (κ2) is 5.23. The van der Waals surface area contributed by atoms with E-state index in [2.05, 4.69) is 26.2 Å². The van der Waals surface area contributed by atoms with Gasteiger partial charge < -0.3 is 15.0 Å². The van der Waals surface area contributed by atoms with Gasteiger partial charge in [-0.25, -0.2) is 9.78 Å². The van der Waals surface area contributed by atoms with E-state index in [1.54, 1.807) is 23.7 Å². The molecular weight excluding hydrogens is 314 g/mol. The number of nitrogens with zero attached hydrogens (tertiary/aromatic N) is 2. The maximum absolute atomic E-state index is 11.9. The Hall–Kier alpha value is -2.15. The van der Waals surface area contributed by atoms with Crippen LogP contribution in [0.5, 0.6) is 0 Å². The predicted molar refractivity (Wildman–Crippen MR) is 72.3 cm³/mol. The number of aryl methyl sites for hydroxylation is 1. The molecule has 0 fully saturated rings. The number of aromatic nitrogens is 2. The summed E-state index contributed by atoms with van der Waals surface area (Å²) in [5.41, 5.74) is 0.884. The number of hydrogen-bond acceptors (Lipinski definition) is 3. The van der Waals surface area contributed by atoms with Crippen LogP contribution < -0.4 is 5.32 Å². The van der Waals surface area contributed by atoms with Crippen LogP contribution in [0.4, 0.5) is 5.69 Å². The van der Waals surface area contributed by atoms with Crippen molar-refractivity contribution in [3.05, 3.63) is 46.5 Å². The van der Waals surface area contributed by atoms with Crippen molar-refractivity contribution in [2.45, 2.75) is 0 Å². The van der Waals surface area contributed by atoms with Crippen LogP contribution in [0.15, 0.2) is 35.2 Å². The smallest absolute Gasteiger partial charge is 0.336 e. The highest BCUT2D eigenvalue weighted by atomic mass is 79.9. The summed E-state index contributed by atoms with van der Waals surface area (Å²) in [4.78, 5) is 26.8. The molecule has 1 aromatic heterocycles. The Morgan fingerprint density at radius 1 is 1.42 bits per heavy atom. The monoisotopic (exact) mass is 323 g/mol. The number of imidazole rings is 1. The van der Waals surface area contributed by atoms with Crippen molar-refractivity contribution in [3.63, 3.8) is 0 Å². The van der Waals surface area contributed by atoms with Crippen molar-refractivity contribution in [2.75, 3.05) is 5.32 Å².